The van der Waals surface area contributed by atoms with Crippen LogP contribution in [0.3, 0.4) is 0 Å². The third kappa shape index (κ3) is 2.50. The van der Waals surface area contributed by atoms with E-state index in [-0.39, 0.29) is 5.82 Å². The number of halogens is 1. The Labute approximate surface area is 120 Å². The summed E-state index contributed by atoms with van der Waals surface area (Å²) < 4.78 is 19.8. The van der Waals surface area contributed by atoms with Crippen LogP contribution in [0.5, 0.6) is 0 Å². The predicted octanol–water partition coefficient (Wildman–Crippen LogP) is 2.85. The number of nitrogens with zero attached hydrogens (tertiary/aromatic N) is 2. The fourth-order valence-electron chi connectivity index (χ4n) is 2.33. The minimum atomic E-state index is -0.431. The second-order valence-corrected chi connectivity index (χ2v) is 4.64. The quantitative estimate of drug-likeness (QED) is 0.695. The van der Waals surface area contributed by atoms with E-state index in [9.17, 15) is 9.18 Å². The second kappa shape index (κ2) is 5.36. The summed E-state index contributed by atoms with van der Waals surface area (Å²) in [5.74, 6) is -0.0581. The van der Waals surface area contributed by atoms with E-state index in [1.807, 2.05) is 12.1 Å². The Bertz CT molecular complexity index is 811. The number of benzene rings is 1. The van der Waals surface area contributed by atoms with Gasteiger partial charge < -0.3 is 4.74 Å². The first-order chi connectivity index (χ1) is 10.2. The maximum Gasteiger partial charge on any atom is 0.355 e. The van der Waals surface area contributed by atoms with Crippen LogP contribution in [0.1, 0.15) is 21.9 Å². The number of carbonyl (C=O) groups is 1. The Morgan fingerprint density at radius 3 is 2.86 bits per heavy atom. The highest BCUT2D eigenvalue weighted by molar-refractivity contribution is 5.88. The van der Waals surface area contributed by atoms with Crippen LogP contribution in [0.15, 0.2) is 48.7 Å². The molecule has 5 heteroatoms. The summed E-state index contributed by atoms with van der Waals surface area (Å²) in [6.45, 7) is 0. The highest BCUT2D eigenvalue weighted by Crippen LogP contribution is 2.16. The van der Waals surface area contributed by atoms with Gasteiger partial charge in [-0.2, -0.15) is 0 Å². The maximum atomic E-state index is 13.3. The van der Waals surface area contributed by atoms with Crippen molar-refractivity contribution in [3.05, 3.63) is 71.6 Å². The van der Waals surface area contributed by atoms with Crippen LogP contribution in [-0.2, 0) is 11.2 Å². The van der Waals surface area contributed by atoms with Crippen LogP contribution in [-0.4, -0.2) is 22.5 Å². The first kappa shape index (κ1) is 13.3. The molecule has 3 rings (SSSR count). The van der Waals surface area contributed by atoms with Crippen LogP contribution < -0.4 is 0 Å². The second-order valence-electron chi connectivity index (χ2n) is 4.64. The molecular weight excluding hydrogens is 271 g/mol. The van der Waals surface area contributed by atoms with E-state index in [1.165, 1.54) is 19.2 Å². The zero-order chi connectivity index (χ0) is 14.8. The molecule has 0 atom stereocenters. The molecule has 1 aromatic carbocycles. The first-order valence-corrected chi connectivity index (χ1v) is 6.47. The van der Waals surface area contributed by atoms with Crippen LogP contribution in [0.25, 0.3) is 5.52 Å². The van der Waals surface area contributed by atoms with E-state index in [1.54, 1.807) is 28.8 Å². The van der Waals surface area contributed by atoms with Crippen molar-refractivity contribution in [1.29, 1.82) is 0 Å². The summed E-state index contributed by atoms with van der Waals surface area (Å²) >= 11 is 0. The average molecular weight is 284 g/mol. The average Bonchev–Trinajstić information content (AvgIpc) is 2.90. The van der Waals surface area contributed by atoms with Gasteiger partial charge in [-0.3, -0.25) is 4.40 Å². The molecule has 2 aromatic heterocycles. The van der Waals surface area contributed by atoms with Gasteiger partial charge in [0.25, 0.3) is 0 Å². The normalized spacial score (nSPS) is 10.8. The number of esters is 1. The highest BCUT2D eigenvalue weighted by Gasteiger charge is 2.14. The number of hydrogen-bond donors (Lipinski definition) is 0. The Kier molecular flexibility index (Phi) is 3.39. The van der Waals surface area contributed by atoms with Crippen molar-refractivity contribution in [2.45, 2.75) is 6.42 Å². The molecule has 3 aromatic rings. The lowest BCUT2D eigenvalue weighted by Gasteiger charge is -2.07. The number of fused-ring (bicyclic) bond motifs is 1. The number of carbonyl (C=O) groups excluding carboxylic acids is 1. The van der Waals surface area contributed by atoms with Crippen molar-refractivity contribution < 1.29 is 13.9 Å². The number of aromatic nitrogens is 2. The predicted molar refractivity (Wildman–Crippen MR) is 75.7 cm³/mol. The van der Waals surface area contributed by atoms with Gasteiger partial charge >= 0.3 is 5.97 Å². The summed E-state index contributed by atoms with van der Waals surface area (Å²) in [4.78, 5) is 16.2. The summed E-state index contributed by atoms with van der Waals surface area (Å²) in [5.41, 5.74) is 1.99. The molecule has 0 spiro atoms. The summed E-state index contributed by atoms with van der Waals surface area (Å²) in [6, 6.07) is 11.6. The number of rotatable bonds is 3. The largest absolute Gasteiger partial charge is 0.464 e. The zero-order valence-electron chi connectivity index (χ0n) is 11.4. The standard InChI is InChI=1S/C16H13FN2O2/c1-21-16(20)14-7-3-6-13-10-18-15(19(13)14)9-11-4-2-5-12(17)8-11/h2-8,10H,9H2,1H3. The van der Waals surface area contributed by atoms with Crippen molar-refractivity contribution in [1.82, 2.24) is 9.38 Å². The van der Waals surface area contributed by atoms with Crippen molar-refractivity contribution in [3.8, 4) is 0 Å². The third-order valence-electron chi connectivity index (χ3n) is 3.27. The van der Waals surface area contributed by atoms with E-state index in [2.05, 4.69) is 4.98 Å². The summed E-state index contributed by atoms with van der Waals surface area (Å²) in [7, 11) is 1.34. The van der Waals surface area contributed by atoms with Crippen LogP contribution in [0.2, 0.25) is 0 Å². The molecule has 0 bridgehead atoms. The SMILES string of the molecule is COC(=O)c1cccc2cnc(Cc3cccc(F)c3)n12. The Morgan fingerprint density at radius 1 is 1.29 bits per heavy atom. The van der Waals surface area contributed by atoms with Gasteiger partial charge in [0.1, 0.15) is 17.3 Å². The molecule has 0 saturated carbocycles. The lowest BCUT2D eigenvalue weighted by atomic mass is 10.1. The van der Waals surface area contributed by atoms with Crippen LogP contribution in [0, 0.1) is 5.82 Å². The number of imidazole rings is 1. The Morgan fingerprint density at radius 2 is 2.10 bits per heavy atom. The lowest BCUT2D eigenvalue weighted by molar-refractivity contribution is 0.0592. The summed E-state index contributed by atoms with van der Waals surface area (Å²) in [6.07, 6.45) is 2.11. The van der Waals surface area contributed by atoms with Crippen LogP contribution in [0.4, 0.5) is 4.39 Å². The molecule has 0 saturated heterocycles. The third-order valence-corrected chi connectivity index (χ3v) is 3.27. The van der Waals surface area contributed by atoms with Crippen molar-refractivity contribution in [2.24, 2.45) is 0 Å². The molecule has 2 heterocycles. The van der Waals surface area contributed by atoms with Gasteiger partial charge in [-0.15, -0.1) is 0 Å². The van der Waals surface area contributed by atoms with Gasteiger partial charge in [0.2, 0.25) is 0 Å². The number of pyridine rings is 1. The minimum Gasteiger partial charge on any atom is -0.464 e. The van der Waals surface area contributed by atoms with Crippen molar-refractivity contribution >= 4 is 11.5 Å². The molecule has 0 N–H and O–H groups in total. The molecular formula is C16H13FN2O2. The smallest absolute Gasteiger partial charge is 0.355 e. The molecule has 0 radical (unpaired) electrons. The van der Waals surface area contributed by atoms with Gasteiger partial charge in [0.15, 0.2) is 0 Å². The first-order valence-electron chi connectivity index (χ1n) is 6.47. The molecule has 21 heavy (non-hydrogen) atoms. The van der Waals surface area contributed by atoms with Crippen LogP contribution >= 0.6 is 0 Å². The number of hydrogen-bond acceptors (Lipinski definition) is 3. The van der Waals surface area contributed by atoms with E-state index in [4.69, 9.17) is 4.74 Å². The van der Waals surface area contributed by atoms with Gasteiger partial charge in [-0.25, -0.2) is 14.2 Å². The molecule has 4 nitrogen and oxygen atoms in total. The number of ether oxygens (including phenoxy) is 1. The summed E-state index contributed by atoms with van der Waals surface area (Å²) in [5, 5.41) is 0. The van der Waals surface area contributed by atoms with E-state index in [0.717, 1.165) is 11.1 Å². The van der Waals surface area contributed by atoms with E-state index < -0.39 is 5.97 Å². The highest BCUT2D eigenvalue weighted by atomic mass is 19.1. The van der Waals surface area contributed by atoms with Gasteiger partial charge in [-0.1, -0.05) is 18.2 Å². The molecule has 0 aliphatic rings. The minimum absolute atomic E-state index is 0.290. The van der Waals surface area contributed by atoms with Gasteiger partial charge in [-0.05, 0) is 29.8 Å². The molecule has 0 unspecified atom stereocenters. The fourth-order valence-corrected chi connectivity index (χ4v) is 2.33. The fraction of sp³-hybridized carbons (Fsp3) is 0.125. The van der Waals surface area contributed by atoms with Crippen molar-refractivity contribution in [3.63, 3.8) is 0 Å². The molecule has 0 aliphatic carbocycles. The topological polar surface area (TPSA) is 43.6 Å². The Balaban J connectivity index is 2.09. The van der Waals surface area contributed by atoms with E-state index >= 15 is 0 Å². The van der Waals surface area contributed by atoms with E-state index in [0.29, 0.717) is 17.9 Å². The van der Waals surface area contributed by atoms with Gasteiger partial charge in [0, 0.05) is 6.42 Å². The number of methoxy groups -OCH3 is 1. The molecule has 106 valence electrons. The Hall–Kier alpha value is -2.69. The monoisotopic (exact) mass is 284 g/mol. The molecule has 0 fully saturated rings. The van der Waals surface area contributed by atoms with Gasteiger partial charge in [0.05, 0.1) is 18.8 Å². The molecule has 0 aliphatic heterocycles. The zero-order valence-corrected chi connectivity index (χ0v) is 11.4. The van der Waals surface area contributed by atoms with Crippen molar-refractivity contribution in [2.75, 3.05) is 7.11 Å². The lowest BCUT2D eigenvalue weighted by Crippen LogP contribution is -2.10. The molecule has 0 amide bonds. The maximum absolute atomic E-state index is 13.3.